The summed E-state index contributed by atoms with van der Waals surface area (Å²) >= 11 is 0. The highest BCUT2D eigenvalue weighted by Gasteiger charge is 1.95. The zero-order chi connectivity index (χ0) is 15.8. The van der Waals surface area contributed by atoms with Crippen LogP contribution in [0.4, 0.5) is 0 Å². The molecule has 3 heteroatoms. The van der Waals surface area contributed by atoms with Gasteiger partial charge < -0.3 is 9.59 Å². The van der Waals surface area contributed by atoms with Gasteiger partial charge in [0.15, 0.2) is 0 Å². The highest BCUT2D eigenvalue weighted by atomic mass is 16.1. The standard InChI is InChI=1S/C6H12O.2C5H10O/c1-5(2)4-6(3)7;1-3-4-5(2)6;1-3-5(6)4-2/h5H,4H2,1-3H3;2*3-4H2,1-2H3. The Bertz CT molecular complexity index is 236. The maximum absolute atomic E-state index is 10.3. The fourth-order valence-corrected chi connectivity index (χ4v) is 1.18. The summed E-state index contributed by atoms with van der Waals surface area (Å²) in [5.74, 6) is 1.44. The summed E-state index contributed by atoms with van der Waals surface area (Å²) in [6, 6.07) is 0. The molecule has 0 amide bonds. The molecule has 0 radical (unpaired) electrons. The van der Waals surface area contributed by atoms with Crippen LogP contribution in [0.1, 0.15) is 80.6 Å². The molecular formula is C16H32O3. The molecule has 0 aliphatic rings. The molecule has 0 bridgehead atoms. The Morgan fingerprint density at radius 2 is 1.26 bits per heavy atom. The minimum absolute atomic E-state index is 0.287. The molecule has 0 aromatic heterocycles. The first-order chi connectivity index (χ1) is 8.70. The largest absolute Gasteiger partial charge is 0.300 e. The van der Waals surface area contributed by atoms with Gasteiger partial charge in [-0.2, -0.15) is 0 Å². The van der Waals surface area contributed by atoms with Crippen LogP contribution in [0, 0.1) is 5.92 Å². The van der Waals surface area contributed by atoms with Crippen molar-refractivity contribution >= 4 is 17.3 Å². The van der Waals surface area contributed by atoms with E-state index in [1.165, 1.54) is 0 Å². The molecule has 0 rings (SSSR count). The highest BCUT2D eigenvalue weighted by molar-refractivity contribution is 5.77. The van der Waals surface area contributed by atoms with Crippen LogP contribution < -0.4 is 0 Å². The Labute approximate surface area is 119 Å². The van der Waals surface area contributed by atoms with Crippen LogP contribution in [0.25, 0.3) is 0 Å². The molecular weight excluding hydrogens is 240 g/mol. The van der Waals surface area contributed by atoms with Crippen molar-refractivity contribution in [2.75, 3.05) is 0 Å². The van der Waals surface area contributed by atoms with E-state index in [2.05, 4.69) is 0 Å². The average Bonchev–Trinajstić information content (AvgIpc) is 2.27. The molecule has 114 valence electrons. The SMILES string of the molecule is CC(=O)CC(C)C.CCC(=O)CC.CCCC(C)=O. The third-order valence-corrected chi connectivity index (χ3v) is 2.09. The van der Waals surface area contributed by atoms with Crippen molar-refractivity contribution in [3.8, 4) is 0 Å². The first-order valence-corrected chi connectivity index (χ1v) is 7.21. The number of hydrogen-bond donors (Lipinski definition) is 0. The van der Waals surface area contributed by atoms with Gasteiger partial charge in [0.05, 0.1) is 0 Å². The van der Waals surface area contributed by atoms with Crippen molar-refractivity contribution in [2.45, 2.75) is 80.6 Å². The Hall–Kier alpha value is -0.990. The Morgan fingerprint density at radius 1 is 0.842 bits per heavy atom. The summed E-state index contributed by atoms with van der Waals surface area (Å²) in [7, 11) is 0. The Morgan fingerprint density at radius 3 is 1.26 bits per heavy atom. The molecule has 0 aliphatic heterocycles. The van der Waals surface area contributed by atoms with Gasteiger partial charge >= 0.3 is 0 Å². The van der Waals surface area contributed by atoms with Crippen LogP contribution in [-0.2, 0) is 14.4 Å². The number of carbonyl (C=O) groups excluding carboxylic acids is 3. The van der Waals surface area contributed by atoms with E-state index >= 15 is 0 Å². The first kappa shape index (κ1) is 23.1. The highest BCUT2D eigenvalue weighted by Crippen LogP contribution is 1.97. The van der Waals surface area contributed by atoms with Gasteiger partial charge in [-0.05, 0) is 26.2 Å². The topological polar surface area (TPSA) is 51.2 Å². The predicted octanol–water partition coefficient (Wildman–Crippen LogP) is 4.37. The number of hydrogen-bond acceptors (Lipinski definition) is 3. The van der Waals surface area contributed by atoms with Crippen LogP contribution in [0.2, 0.25) is 0 Å². The van der Waals surface area contributed by atoms with Crippen LogP contribution in [0.5, 0.6) is 0 Å². The van der Waals surface area contributed by atoms with Gasteiger partial charge in [-0.3, -0.25) is 4.79 Å². The zero-order valence-electron chi connectivity index (χ0n) is 13.8. The lowest BCUT2D eigenvalue weighted by Gasteiger charge is -1.95. The van der Waals surface area contributed by atoms with Crippen molar-refractivity contribution in [1.29, 1.82) is 0 Å². The molecule has 3 nitrogen and oxygen atoms in total. The van der Waals surface area contributed by atoms with Crippen molar-refractivity contribution in [3.05, 3.63) is 0 Å². The van der Waals surface area contributed by atoms with Crippen LogP contribution in [0.15, 0.2) is 0 Å². The molecule has 0 atom stereocenters. The van der Waals surface area contributed by atoms with Gasteiger partial charge in [0.25, 0.3) is 0 Å². The third kappa shape index (κ3) is 38.2. The molecule has 0 saturated carbocycles. The fraction of sp³-hybridized carbons (Fsp3) is 0.812. The van der Waals surface area contributed by atoms with E-state index < -0.39 is 0 Å². The normalized spacial score (nSPS) is 8.84. The summed E-state index contributed by atoms with van der Waals surface area (Å²) in [5, 5.41) is 0. The lowest BCUT2D eigenvalue weighted by atomic mass is 10.1. The van der Waals surface area contributed by atoms with E-state index in [0.29, 0.717) is 24.5 Å². The maximum atomic E-state index is 10.3. The van der Waals surface area contributed by atoms with E-state index in [0.717, 1.165) is 19.3 Å². The lowest BCUT2D eigenvalue weighted by molar-refractivity contribution is -0.119. The fourth-order valence-electron chi connectivity index (χ4n) is 1.18. The molecule has 0 heterocycles. The molecule has 19 heavy (non-hydrogen) atoms. The van der Waals surface area contributed by atoms with Crippen molar-refractivity contribution in [3.63, 3.8) is 0 Å². The molecule has 0 saturated heterocycles. The van der Waals surface area contributed by atoms with Crippen molar-refractivity contribution in [1.82, 2.24) is 0 Å². The second kappa shape index (κ2) is 17.0. The lowest BCUT2D eigenvalue weighted by Crippen LogP contribution is -1.95. The molecule has 0 aromatic carbocycles. The third-order valence-electron chi connectivity index (χ3n) is 2.09. The molecule has 0 N–H and O–H groups in total. The van der Waals surface area contributed by atoms with Crippen molar-refractivity contribution < 1.29 is 14.4 Å². The van der Waals surface area contributed by atoms with Gasteiger partial charge in [0.1, 0.15) is 17.3 Å². The van der Waals surface area contributed by atoms with Gasteiger partial charge in [0.2, 0.25) is 0 Å². The van der Waals surface area contributed by atoms with E-state index in [9.17, 15) is 14.4 Å². The maximum Gasteiger partial charge on any atom is 0.132 e. The second-order valence-corrected chi connectivity index (χ2v) is 5.00. The van der Waals surface area contributed by atoms with Crippen molar-refractivity contribution in [2.24, 2.45) is 5.92 Å². The van der Waals surface area contributed by atoms with E-state index in [1.807, 2.05) is 34.6 Å². The molecule has 0 aromatic rings. The van der Waals surface area contributed by atoms with Gasteiger partial charge in [-0.1, -0.05) is 34.6 Å². The zero-order valence-corrected chi connectivity index (χ0v) is 13.8. The predicted molar refractivity (Wildman–Crippen MR) is 81.3 cm³/mol. The smallest absolute Gasteiger partial charge is 0.132 e. The monoisotopic (exact) mass is 272 g/mol. The molecule has 0 aliphatic carbocycles. The average molecular weight is 272 g/mol. The van der Waals surface area contributed by atoms with Crippen LogP contribution >= 0.6 is 0 Å². The Kier molecular flexibility index (Phi) is 20.7. The first-order valence-electron chi connectivity index (χ1n) is 7.21. The molecule has 0 fully saturated rings. The Balaban J connectivity index is -0.000000203. The van der Waals surface area contributed by atoms with Crippen LogP contribution in [-0.4, -0.2) is 17.3 Å². The number of Topliss-reactive ketones (excluding diaryl/α,β-unsaturated/α-hetero) is 3. The molecule has 0 spiro atoms. The van der Waals surface area contributed by atoms with E-state index in [1.54, 1.807) is 13.8 Å². The summed E-state index contributed by atoms with van der Waals surface area (Å²) in [6.45, 7) is 13.1. The van der Waals surface area contributed by atoms with Gasteiger partial charge in [-0.25, -0.2) is 0 Å². The summed E-state index contributed by atoms with van der Waals surface area (Å²) < 4.78 is 0. The number of ketones is 3. The quantitative estimate of drug-likeness (QED) is 0.721. The molecule has 0 unspecified atom stereocenters. The van der Waals surface area contributed by atoms with Crippen LogP contribution in [0.3, 0.4) is 0 Å². The van der Waals surface area contributed by atoms with Gasteiger partial charge in [0, 0.05) is 25.7 Å². The number of carbonyl (C=O) groups is 3. The summed E-state index contributed by atoms with van der Waals surface area (Å²) in [5.41, 5.74) is 0. The summed E-state index contributed by atoms with van der Waals surface area (Å²) in [6.07, 6.45) is 3.82. The number of rotatable bonds is 6. The van der Waals surface area contributed by atoms with E-state index in [4.69, 9.17) is 0 Å². The van der Waals surface area contributed by atoms with Gasteiger partial charge in [-0.15, -0.1) is 0 Å². The van der Waals surface area contributed by atoms with E-state index in [-0.39, 0.29) is 11.6 Å². The summed E-state index contributed by atoms with van der Waals surface area (Å²) in [4.78, 5) is 30.5. The second-order valence-electron chi connectivity index (χ2n) is 5.00. The minimum atomic E-state index is 0.287. The minimum Gasteiger partial charge on any atom is -0.300 e.